The molecule has 110 valence electrons. The van der Waals surface area contributed by atoms with Crippen molar-refractivity contribution < 1.29 is 19.4 Å². The van der Waals surface area contributed by atoms with E-state index in [0.29, 0.717) is 11.1 Å². The molecular weight excluding hydrogens is 332 g/mol. The van der Waals surface area contributed by atoms with Crippen molar-refractivity contribution in [1.82, 2.24) is 9.88 Å². The van der Waals surface area contributed by atoms with Gasteiger partial charge in [0.05, 0.1) is 6.61 Å². The van der Waals surface area contributed by atoms with Crippen LogP contribution in [0.25, 0.3) is 0 Å². The van der Waals surface area contributed by atoms with Gasteiger partial charge in [-0.05, 0) is 28.9 Å². The topological polar surface area (TPSA) is 97.6 Å². The van der Waals surface area contributed by atoms with Gasteiger partial charge in [0, 0.05) is 23.8 Å². The number of methoxy groups -OCH3 is 1. The van der Waals surface area contributed by atoms with Crippen LogP contribution in [0.4, 0.5) is 0 Å². The Kier molecular flexibility index (Phi) is 5.90. The summed E-state index contributed by atoms with van der Waals surface area (Å²) in [5, 5.41) is 11.3. The molecule has 0 radical (unpaired) electrons. The summed E-state index contributed by atoms with van der Waals surface area (Å²) >= 11 is 3.15. The number of carboxylic acid groups (broad SMARTS) is 1. The number of aromatic nitrogens is 1. The first-order chi connectivity index (χ1) is 9.35. The lowest BCUT2D eigenvalue weighted by atomic mass is 10.2. The van der Waals surface area contributed by atoms with Crippen molar-refractivity contribution in [3.63, 3.8) is 0 Å². The zero-order valence-electron chi connectivity index (χ0n) is 11.1. The number of aliphatic carboxylic acids is 1. The molecule has 7 nitrogen and oxygen atoms in total. The van der Waals surface area contributed by atoms with Crippen LogP contribution < -0.4 is 10.9 Å². The van der Waals surface area contributed by atoms with Gasteiger partial charge in [-0.2, -0.15) is 0 Å². The zero-order chi connectivity index (χ0) is 15.3. The number of pyridine rings is 1. The number of carbonyl (C=O) groups excluding carboxylic acids is 1. The Labute approximate surface area is 123 Å². The summed E-state index contributed by atoms with van der Waals surface area (Å²) in [5.74, 6) is -1.73. The lowest BCUT2D eigenvalue weighted by Crippen LogP contribution is -2.39. The standard InChI is InChI=1S/C12H15BrN2O5/c1-7(6-20-2)14-11(18)9-3-8(13)4-15(12(9)19)5-10(16)17/h3-4,7H,5-6H2,1-2H3,(H,14,18)(H,16,17)/t7-/m0/s1. The molecule has 1 amide bonds. The quantitative estimate of drug-likeness (QED) is 0.779. The highest BCUT2D eigenvalue weighted by Gasteiger charge is 2.16. The summed E-state index contributed by atoms with van der Waals surface area (Å²) < 4.78 is 6.29. The van der Waals surface area contributed by atoms with Crippen molar-refractivity contribution >= 4 is 27.8 Å². The maximum absolute atomic E-state index is 12.0. The molecule has 0 unspecified atom stereocenters. The van der Waals surface area contributed by atoms with Crippen LogP contribution in [-0.4, -0.2) is 41.3 Å². The molecule has 20 heavy (non-hydrogen) atoms. The van der Waals surface area contributed by atoms with Crippen molar-refractivity contribution in [1.29, 1.82) is 0 Å². The molecule has 0 bridgehead atoms. The average Bonchev–Trinajstić information content (AvgIpc) is 2.32. The molecular formula is C12H15BrN2O5. The highest BCUT2D eigenvalue weighted by atomic mass is 79.9. The minimum Gasteiger partial charge on any atom is -0.480 e. The fraction of sp³-hybridized carbons (Fsp3) is 0.417. The van der Waals surface area contributed by atoms with Gasteiger partial charge in [-0.15, -0.1) is 0 Å². The Morgan fingerprint density at radius 2 is 2.20 bits per heavy atom. The number of carboxylic acids is 1. The van der Waals surface area contributed by atoms with E-state index in [4.69, 9.17) is 9.84 Å². The van der Waals surface area contributed by atoms with Crippen LogP contribution in [0.3, 0.4) is 0 Å². The molecule has 1 heterocycles. The zero-order valence-corrected chi connectivity index (χ0v) is 12.6. The number of carbonyl (C=O) groups is 2. The van der Waals surface area contributed by atoms with E-state index < -0.39 is 24.0 Å². The summed E-state index contributed by atoms with van der Waals surface area (Å²) in [4.78, 5) is 34.7. The first kappa shape index (κ1) is 16.4. The second-order valence-electron chi connectivity index (χ2n) is 4.23. The summed E-state index contributed by atoms with van der Waals surface area (Å²) in [5.41, 5.74) is -0.777. The third-order valence-corrected chi connectivity index (χ3v) is 2.83. The lowest BCUT2D eigenvalue weighted by Gasteiger charge is -2.13. The van der Waals surface area contributed by atoms with Crippen molar-refractivity contribution in [3.8, 4) is 0 Å². The van der Waals surface area contributed by atoms with Crippen LogP contribution in [0.2, 0.25) is 0 Å². The Morgan fingerprint density at radius 3 is 2.75 bits per heavy atom. The molecule has 8 heteroatoms. The fourth-order valence-corrected chi connectivity index (χ4v) is 2.09. The van der Waals surface area contributed by atoms with Crippen LogP contribution >= 0.6 is 15.9 Å². The van der Waals surface area contributed by atoms with E-state index >= 15 is 0 Å². The van der Waals surface area contributed by atoms with Gasteiger partial charge in [-0.1, -0.05) is 0 Å². The largest absolute Gasteiger partial charge is 0.480 e. The smallest absolute Gasteiger partial charge is 0.323 e. The third-order valence-electron chi connectivity index (χ3n) is 2.40. The van der Waals surface area contributed by atoms with E-state index in [1.807, 2.05) is 0 Å². The number of hydrogen-bond acceptors (Lipinski definition) is 4. The van der Waals surface area contributed by atoms with Gasteiger partial charge in [0.2, 0.25) is 0 Å². The predicted octanol–water partition coefficient (Wildman–Crippen LogP) is 0.460. The lowest BCUT2D eigenvalue weighted by molar-refractivity contribution is -0.137. The molecule has 2 N–H and O–H groups in total. The average molecular weight is 347 g/mol. The van der Waals surface area contributed by atoms with Crippen LogP contribution in [0.1, 0.15) is 17.3 Å². The molecule has 0 saturated carbocycles. The van der Waals surface area contributed by atoms with Gasteiger partial charge < -0.3 is 19.7 Å². The van der Waals surface area contributed by atoms with Crippen molar-refractivity contribution in [3.05, 3.63) is 32.7 Å². The molecule has 0 aliphatic heterocycles. The van der Waals surface area contributed by atoms with Crippen molar-refractivity contribution in [2.75, 3.05) is 13.7 Å². The number of halogens is 1. The molecule has 0 aliphatic rings. The maximum Gasteiger partial charge on any atom is 0.323 e. The van der Waals surface area contributed by atoms with E-state index in [1.165, 1.54) is 19.4 Å². The minimum absolute atomic E-state index is 0.122. The summed E-state index contributed by atoms with van der Waals surface area (Å²) in [6.07, 6.45) is 1.33. The molecule has 1 rings (SSSR count). The number of rotatable bonds is 6. The molecule has 0 aromatic carbocycles. The van der Waals surface area contributed by atoms with Crippen molar-refractivity contribution in [2.45, 2.75) is 19.5 Å². The van der Waals surface area contributed by atoms with E-state index in [-0.39, 0.29) is 11.6 Å². The summed E-state index contributed by atoms with van der Waals surface area (Å²) in [6, 6.07) is 1.09. The number of amides is 1. The first-order valence-corrected chi connectivity index (χ1v) is 6.56. The minimum atomic E-state index is -1.16. The van der Waals surface area contributed by atoms with E-state index in [9.17, 15) is 14.4 Å². The van der Waals surface area contributed by atoms with Gasteiger partial charge in [0.15, 0.2) is 0 Å². The summed E-state index contributed by atoms with van der Waals surface area (Å²) in [7, 11) is 1.50. The molecule has 0 aliphatic carbocycles. The van der Waals surface area contributed by atoms with E-state index in [1.54, 1.807) is 6.92 Å². The Bertz CT molecular complexity index is 569. The van der Waals surface area contributed by atoms with Gasteiger partial charge in [0.1, 0.15) is 12.1 Å². The van der Waals surface area contributed by atoms with Gasteiger partial charge >= 0.3 is 5.97 Å². The van der Waals surface area contributed by atoms with Crippen LogP contribution in [0.5, 0.6) is 0 Å². The molecule has 1 aromatic heterocycles. The van der Waals surface area contributed by atoms with Crippen LogP contribution in [0, 0.1) is 0 Å². The Morgan fingerprint density at radius 1 is 1.55 bits per heavy atom. The number of nitrogens with one attached hydrogen (secondary N) is 1. The van der Waals surface area contributed by atoms with E-state index in [2.05, 4.69) is 21.2 Å². The monoisotopic (exact) mass is 346 g/mol. The third kappa shape index (κ3) is 4.46. The highest BCUT2D eigenvalue weighted by molar-refractivity contribution is 9.10. The number of nitrogens with zero attached hydrogens (tertiary/aromatic N) is 1. The van der Waals surface area contributed by atoms with Crippen LogP contribution in [0.15, 0.2) is 21.5 Å². The number of ether oxygens (including phenoxy) is 1. The van der Waals surface area contributed by atoms with Gasteiger partial charge in [-0.25, -0.2) is 0 Å². The maximum atomic E-state index is 12.0. The van der Waals surface area contributed by atoms with E-state index in [0.717, 1.165) is 4.57 Å². The highest BCUT2D eigenvalue weighted by Crippen LogP contribution is 2.09. The molecule has 0 fully saturated rings. The second-order valence-corrected chi connectivity index (χ2v) is 5.14. The second kappa shape index (κ2) is 7.20. The van der Waals surface area contributed by atoms with Crippen LogP contribution in [-0.2, 0) is 16.1 Å². The molecule has 1 atom stereocenters. The van der Waals surface area contributed by atoms with Crippen molar-refractivity contribution in [2.24, 2.45) is 0 Å². The summed E-state index contributed by atoms with van der Waals surface area (Å²) in [6.45, 7) is 1.53. The Hall–Kier alpha value is -1.67. The fourth-order valence-electron chi connectivity index (χ4n) is 1.62. The molecule has 0 spiro atoms. The van der Waals surface area contributed by atoms with Gasteiger partial charge in [-0.3, -0.25) is 14.4 Å². The molecule has 0 saturated heterocycles. The predicted molar refractivity (Wildman–Crippen MR) is 74.8 cm³/mol. The number of hydrogen-bond donors (Lipinski definition) is 2. The van der Waals surface area contributed by atoms with Gasteiger partial charge in [0.25, 0.3) is 11.5 Å². The Balaban J connectivity index is 3.05. The first-order valence-electron chi connectivity index (χ1n) is 5.76. The molecule has 1 aromatic rings. The SMILES string of the molecule is COC[C@H](C)NC(=O)c1cc(Br)cn(CC(=O)O)c1=O. The normalized spacial score (nSPS) is 11.9.